The van der Waals surface area contributed by atoms with Crippen LogP contribution in [0.1, 0.15) is 68.6 Å². The van der Waals surface area contributed by atoms with Crippen LogP contribution in [0.25, 0.3) is 0 Å². The van der Waals surface area contributed by atoms with Crippen LogP contribution in [0.4, 0.5) is 13.2 Å². The lowest BCUT2D eigenvalue weighted by Gasteiger charge is -2.48. The summed E-state index contributed by atoms with van der Waals surface area (Å²) in [4.78, 5) is 14.7. The van der Waals surface area contributed by atoms with Gasteiger partial charge in [0.25, 0.3) is 5.91 Å². The van der Waals surface area contributed by atoms with Gasteiger partial charge in [0.1, 0.15) is 5.75 Å². The van der Waals surface area contributed by atoms with E-state index in [1.54, 1.807) is 6.07 Å². The van der Waals surface area contributed by atoms with Crippen LogP contribution < -0.4 is 4.74 Å². The van der Waals surface area contributed by atoms with Gasteiger partial charge in [-0.15, -0.1) is 0 Å². The zero-order valence-electron chi connectivity index (χ0n) is 20.5. The number of methoxy groups -OCH3 is 1. The van der Waals surface area contributed by atoms with Crippen LogP contribution in [0.5, 0.6) is 5.75 Å². The van der Waals surface area contributed by atoms with E-state index >= 15 is 0 Å². The molecule has 1 aromatic heterocycles. The summed E-state index contributed by atoms with van der Waals surface area (Å²) in [5.41, 5.74) is -1.18. The number of hydrogen-bond donors (Lipinski definition) is 0. The van der Waals surface area contributed by atoms with Crippen molar-refractivity contribution in [3.63, 3.8) is 0 Å². The zero-order valence-corrected chi connectivity index (χ0v) is 20.5. The fourth-order valence-electron chi connectivity index (χ4n) is 4.97. The van der Waals surface area contributed by atoms with Gasteiger partial charge in [0.2, 0.25) is 0 Å². The van der Waals surface area contributed by atoms with Crippen molar-refractivity contribution in [3.8, 4) is 5.75 Å². The topological polar surface area (TPSA) is 51.9 Å². The van der Waals surface area contributed by atoms with Crippen LogP contribution in [0.15, 0.2) is 41.0 Å². The van der Waals surface area contributed by atoms with E-state index in [1.165, 1.54) is 36.5 Å². The molecule has 1 saturated heterocycles. The predicted octanol–water partition coefficient (Wildman–Crippen LogP) is 6.57. The molecule has 0 spiro atoms. The first-order valence-corrected chi connectivity index (χ1v) is 11.6. The quantitative estimate of drug-likeness (QED) is 0.428. The van der Waals surface area contributed by atoms with E-state index in [4.69, 9.17) is 13.9 Å². The average molecular weight is 482 g/mol. The van der Waals surface area contributed by atoms with Gasteiger partial charge in [-0.1, -0.05) is 19.9 Å². The van der Waals surface area contributed by atoms with E-state index in [0.29, 0.717) is 25.5 Å². The minimum Gasteiger partial charge on any atom is -0.497 e. The number of carbonyl (C=O) groups is 1. The molecule has 1 fully saturated rings. The van der Waals surface area contributed by atoms with Crippen LogP contribution in [-0.4, -0.2) is 36.7 Å². The molecule has 0 bridgehead atoms. The number of rotatable bonds is 8. The fraction of sp³-hybridized carbons (Fsp3) is 0.577. The molecule has 5 nitrogen and oxygen atoms in total. The highest BCUT2D eigenvalue weighted by Crippen LogP contribution is 2.47. The molecule has 188 valence electrons. The van der Waals surface area contributed by atoms with Gasteiger partial charge < -0.3 is 18.8 Å². The van der Waals surface area contributed by atoms with E-state index in [9.17, 15) is 18.0 Å². The monoisotopic (exact) mass is 481 g/mol. The van der Waals surface area contributed by atoms with Crippen molar-refractivity contribution < 1.29 is 31.9 Å². The standard InChI is InChI=1S/C26H34F3NO4/c1-18(2)25(11-14-34-24(3,4)17-25)10-12-30(23(31)22-7-6-13-33-22)16-19-8-9-20(32-5)15-21(19)26(27,28)29/h6-9,13,15,18H,10-12,14,16-17H2,1-5H3. The summed E-state index contributed by atoms with van der Waals surface area (Å²) in [6, 6.07) is 6.96. The van der Waals surface area contributed by atoms with Crippen LogP contribution in [-0.2, 0) is 17.5 Å². The molecule has 1 aliphatic rings. The van der Waals surface area contributed by atoms with Gasteiger partial charge in [0.05, 0.1) is 24.5 Å². The molecule has 0 radical (unpaired) electrons. The van der Waals surface area contributed by atoms with E-state index in [2.05, 4.69) is 27.7 Å². The minimum absolute atomic E-state index is 0.0131. The van der Waals surface area contributed by atoms with Crippen LogP contribution in [0, 0.1) is 11.3 Å². The van der Waals surface area contributed by atoms with Crippen LogP contribution >= 0.6 is 0 Å². The first-order valence-electron chi connectivity index (χ1n) is 11.6. The summed E-state index contributed by atoms with van der Waals surface area (Å²) >= 11 is 0. The maximum atomic E-state index is 13.8. The Kier molecular flexibility index (Phi) is 7.70. The molecular formula is C26H34F3NO4. The number of hydrogen-bond acceptors (Lipinski definition) is 4. The summed E-state index contributed by atoms with van der Waals surface area (Å²) in [7, 11) is 1.32. The van der Waals surface area contributed by atoms with Crippen molar-refractivity contribution in [2.24, 2.45) is 11.3 Å². The molecule has 0 saturated carbocycles. The Labute approximate surface area is 199 Å². The van der Waals surface area contributed by atoms with Crippen molar-refractivity contribution in [2.75, 3.05) is 20.3 Å². The highest BCUT2D eigenvalue weighted by molar-refractivity contribution is 5.91. The first kappa shape index (κ1) is 26.1. The molecular weight excluding hydrogens is 447 g/mol. The second-order valence-corrected chi connectivity index (χ2v) is 10.0. The summed E-state index contributed by atoms with van der Waals surface area (Å²) in [5, 5.41) is 0. The Hall–Kier alpha value is -2.48. The second-order valence-electron chi connectivity index (χ2n) is 10.0. The molecule has 3 rings (SSSR count). The number of alkyl halides is 3. The van der Waals surface area contributed by atoms with E-state index in [-0.39, 0.29) is 34.6 Å². The lowest BCUT2D eigenvalue weighted by atomic mass is 9.65. The molecule has 2 heterocycles. The minimum atomic E-state index is -4.58. The number of halogens is 3. The van der Waals surface area contributed by atoms with Gasteiger partial charge >= 0.3 is 6.18 Å². The van der Waals surface area contributed by atoms with Gasteiger partial charge in [-0.25, -0.2) is 0 Å². The predicted molar refractivity (Wildman–Crippen MR) is 123 cm³/mol. The van der Waals surface area contributed by atoms with Crippen LogP contribution in [0.2, 0.25) is 0 Å². The summed E-state index contributed by atoms with van der Waals surface area (Å²) in [6.45, 7) is 9.16. The molecule has 1 amide bonds. The molecule has 8 heteroatoms. The Bertz CT molecular complexity index is 969. The summed E-state index contributed by atoms with van der Waals surface area (Å²) < 4.78 is 57.7. The van der Waals surface area contributed by atoms with Crippen molar-refractivity contribution >= 4 is 5.91 Å². The summed E-state index contributed by atoms with van der Waals surface area (Å²) in [6.07, 6.45) is -0.880. The maximum absolute atomic E-state index is 13.8. The molecule has 34 heavy (non-hydrogen) atoms. The van der Waals surface area contributed by atoms with Gasteiger partial charge in [-0.2, -0.15) is 13.2 Å². The van der Waals surface area contributed by atoms with Gasteiger partial charge in [-0.3, -0.25) is 4.79 Å². The van der Waals surface area contributed by atoms with Crippen molar-refractivity contribution in [1.29, 1.82) is 0 Å². The molecule has 0 aliphatic carbocycles. The van der Waals surface area contributed by atoms with Crippen molar-refractivity contribution in [1.82, 2.24) is 4.90 Å². The number of nitrogens with zero attached hydrogens (tertiary/aromatic N) is 1. The molecule has 2 aromatic rings. The molecule has 1 aromatic carbocycles. The molecule has 1 atom stereocenters. The van der Waals surface area contributed by atoms with Crippen LogP contribution in [0.3, 0.4) is 0 Å². The maximum Gasteiger partial charge on any atom is 0.416 e. The highest BCUT2D eigenvalue weighted by atomic mass is 19.4. The van der Waals surface area contributed by atoms with E-state index in [1.807, 2.05) is 0 Å². The lowest BCUT2D eigenvalue weighted by molar-refractivity contribution is -0.138. The second kappa shape index (κ2) is 10.0. The summed E-state index contributed by atoms with van der Waals surface area (Å²) in [5.74, 6) is 0.110. The number of benzene rings is 1. The lowest BCUT2D eigenvalue weighted by Crippen LogP contribution is -2.46. The molecule has 0 N–H and O–H groups in total. The van der Waals surface area contributed by atoms with Gasteiger partial charge in [0.15, 0.2) is 5.76 Å². The Morgan fingerprint density at radius 1 is 1.24 bits per heavy atom. The number of ether oxygens (including phenoxy) is 2. The zero-order chi connectivity index (χ0) is 25.1. The molecule has 1 aliphatic heterocycles. The van der Waals surface area contributed by atoms with Crippen molar-refractivity contribution in [2.45, 2.75) is 65.3 Å². The Balaban J connectivity index is 1.92. The van der Waals surface area contributed by atoms with Gasteiger partial charge in [0, 0.05) is 19.7 Å². The van der Waals surface area contributed by atoms with E-state index in [0.717, 1.165) is 18.9 Å². The molecule has 1 unspecified atom stereocenters. The number of carbonyl (C=O) groups excluding carboxylic acids is 1. The third kappa shape index (κ3) is 5.95. The highest BCUT2D eigenvalue weighted by Gasteiger charge is 2.43. The third-order valence-corrected chi connectivity index (χ3v) is 6.98. The number of amides is 1. The normalized spacial score (nSPS) is 20.4. The third-order valence-electron chi connectivity index (χ3n) is 6.98. The van der Waals surface area contributed by atoms with Crippen molar-refractivity contribution in [3.05, 3.63) is 53.5 Å². The Morgan fingerprint density at radius 3 is 2.53 bits per heavy atom. The van der Waals surface area contributed by atoms with E-state index < -0.39 is 17.6 Å². The smallest absolute Gasteiger partial charge is 0.416 e. The average Bonchev–Trinajstić information content (AvgIpc) is 3.29. The SMILES string of the molecule is COc1ccc(CN(CCC2(C(C)C)CCOC(C)(C)C2)C(=O)c2ccco2)c(C(F)(F)F)c1. The fourth-order valence-corrected chi connectivity index (χ4v) is 4.97. The van der Waals surface area contributed by atoms with Gasteiger partial charge in [-0.05, 0) is 74.3 Å². The Morgan fingerprint density at radius 2 is 1.97 bits per heavy atom. The first-order chi connectivity index (χ1) is 15.9. The largest absolute Gasteiger partial charge is 0.497 e. The number of furan rings is 1.